The van der Waals surface area contributed by atoms with Crippen LogP contribution in [0.25, 0.3) is 0 Å². The minimum Gasteiger partial charge on any atom is -0.395 e. The first-order valence-electron chi connectivity index (χ1n) is 6.32. The van der Waals surface area contributed by atoms with E-state index in [0.29, 0.717) is 12.6 Å². The maximum Gasteiger partial charge on any atom is 0.0586 e. The van der Waals surface area contributed by atoms with E-state index in [9.17, 15) is 5.11 Å². The number of rotatable bonds is 4. The number of likely N-dealkylation sites (tertiary alicyclic amines) is 1. The van der Waals surface area contributed by atoms with Gasteiger partial charge in [-0.25, -0.2) is 0 Å². The molecule has 0 saturated carbocycles. The molecule has 0 bridgehead atoms. The average molecular weight is 235 g/mol. The van der Waals surface area contributed by atoms with Gasteiger partial charge in [0, 0.05) is 25.3 Å². The van der Waals surface area contributed by atoms with Crippen LogP contribution in [0.1, 0.15) is 30.5 Å². The van der Waals surface area contributed by atoms with E-state index in [1.165, 1.54) is 18.4 Å². The van der Waals surface area contributed by atoms with Crippen molar-refractivity contribution in [2.45, 2.75) is 38.4 Å². The van der Waals surface area contributed by atoms with Gasteiger partial charge < -0.3 is 10.8 Å². The monoisotopic (exact) mass is 235 g/mol. The normalized spacial score (nSPS) is 21.6. The third kappa shape index (κ3) is 3.25. The molecule has 1 aromatic heterocycles. The minimum atomic E-state index is 0.259. The summed E-state index contributed by atoms with van der Waals surface area (Å²) in [5.74, 6) is 0. The number of aromatic nitrogens is 1. The molecule has 4 heteroatoms. The Morgan fingerprint density at radius 3 is 3.12 bits per heavy atom. The van der Waals surface area contributed by atoms with Gasteiger partial charge in [0.1, 0.15) is 0 Å². The van der Waals surface area contributed by atoms with Crippen LogP contribution in [-0.4, -0.2) is 34.2 Å². The lowest BCUT2D eigenvalue weighted by Crippen LogP contribution is -2.41. The first-order chi connectivity index (χ1) is 8.33. The van der Waals surface area contributed by atoms with Crippen molar-refractivity contribution in [3.63, 3.8) is 0 Å². The van der Waals surface area contributed by atoms with Crippen LogP contribution < -0.4 is 5.73 Å². The van der Waals surface area contributed by atoms with Crippen LogP contribution in [0.15, 0.2) is 18.3 Å². The van der Waals surface area contributed by atoms with E-state index in [-0.39, 0.29) is 6.61 Å². The molecule has 4 nitrogen and oxygen atoms in total. The Labute approximate surface area is 102 Å². The van der Waals surface area contributed by atoms with Gasteiger partial charge >= 0.3 is 0 Å². The van der Waals surface area contributed by atoms with Crippen molar-refractivity contribution < 1.29 is 5.11 Å². The van der Waals surface area contributed by atoms with Crippen molar-refractivity contribution >= 4 is 0 Å². The number of pyridine rings is 1. The molecular weight excluding hydrogens is 214 g/mol. The summed E-state index contributed by atoms with van der Waals surface area (Å²) < 4.78 is 0. The molecule has 0 amide bonds. The number of nitrogens with two attached hydrogens (primary N) is 1. The second-order valence-electron chi connectivity index (χ2n) is 4.66. The lowest BCUT2D eigenvalue weighted by molar-refractivity contribution is 0.0841. The van der Waals surface area contributed by atoms with Crippen molar-refractivity contribution in [1.29, 1.82) is 0 Å². The summed E-state index contributed by atoms with van der Waals surface area (Å²) >= 11 is 0. The molecule has 1 aliphatic heterocycles. The van der Waals surface area contributed by atoms with Crippen molar-refractivity contribution in [2.75, 3.05) is 13.2 Å². The molecule has 1 saturated heterocycles. The van der Waals surface area contributed by atoms with Gasteiger partial charge in [0.2, 0.25) is 0 Å². The van der Waals surface area contributed by atoms with Crippen LogP contribution in [0.5, 0.6) is 0 Å². The Balaban J connectivity index is 2.02. The molecule has 0 radical (unpaired) electrons. The topological polar surface area (TPSA) is 62.4 Å². The Bertz CT molecular complexity index is 356. The molecular formula is C13H21N3O. The van der Waals surface area contributed by atoms with E-state index in [0.717, 1.165) is 25.2 Å². The van der Waals surface area contributed by atoms with Crippen LogP contribution in [-0.2, 0) is 13.1 Å². The lowest BCUT2D eigenvalue weighted by atomic mass is 10.0. The fourth-order valence-corrected chi connectivity index (χ4v) is 2.45. The Hall–Kier alpha value is -0.970. The summed E-state index contributed by atoms with van der Waals surface area (Å²) in [7, 11) is 0. The van der Waals surface area contributed by atoms with E-state index in [4.69, 9.17) is 5.73 Å². The Morgan fingerprint density at radius 1 is 1.47 bits per heavy atom. The van der Waals surface area contributed by atoms with Gasteiger partial charge in [-0.3, -0.25) is 9.88 Å². The third-order valence-electron chi connectivity index (χ3n) is 3.44. The Morgan fingerprint density at radius 2 is 2.35 bits per heavy atom. The molecule has 2 rings (SSSR count). The van der Waals surface area contributed by atoms with Crippen LogP contribution in [0.4, 0.5) is 0 Å². The molecule has 17 heavy (non-hydrogen) atoms. The van der Waals surface area contributed by atoms with Gasteiger partial charge in [0.05, 0.1) is 12.3 Å². The van der Waals surface area contributed by atoms with Gasteiger partial charge in [-0.1, -0.05) is 6.42 Å². The highest BCUT2D eigenvalue weighted by molar-refractivity contribution is 5.16. The maximum atomic E-state index is 9.37. The zero-order valence-corrected chi connectivity index (χ0v) is 10.2. The van der Waals surface area contributed by atoms with E-state index in [2.05, 4.69) is 16.0 Å². The first kappa shape index (κ1) is 12.5. The first-order valence-corrected chi connectivity index (χ1v) is 6.32. The summed E-state index contributed by atoms with van der Waals surface area (Å²) in [5, 5.41) is 9.37. The number of aliphatic hydroxyl groups excluding tert-OH is 1. The molecule has 1 aromatic rings. The smallest absolute Gasteiger partial charge is 0.0586 e. The fraction of sp³-hybridized carbons (Fsp3) is 0.615. The number of aliphatic hydroxyl groups is 1. The second-order valence-corrected chi connectivity index (χ2v) is 4.66. The molecule has 1 aliphatic rings. The minimum absolute atomic E-state index is 0.259. The van der Waals surface area contributed by atoms with Gasteiger partial charge in [-0.05, 0) is 37.1 Å². The molecule has 0 aromatic carbocycles. The van der Waals surface area contributed by atoms with E-state index in [1.807, 2.05) is 12.3 Å². The predicted molar refractivity (Wildman–Crippen MR) is 67.3 cm³/mol. The van der Waals surface area contributed by atoms with Crippen molar-refractivity contribution in [1.82, 2.24) is 9.88 Å². The molecule has 1 atom stereocenters. The van der Waals surface area contributed by atoms with E-state index >= 15 is 0 Å². The molecule has 1 fully saturated rings. The quantitative estimate of drug-likeness (QED) is 0.813. The molecule has 0 spiro atoms. The van der Waals surface area contributed by atoms with Crippen LogP contribution >= 0.6 is 0 Å². The van der Waals surface area contributed by atoms with Crippen molar-refractivity contribution in [3.05, 3.63) is 29.6 Å². The SMILES string of the molecule is NCc1cc(CN2CCCCC2CO)ccn1. The van der Waals surface area contributed by atoms with E-state index < -0.39 is 0 Å². The molecule has 94 valence electrons. The highest BCUT2D eigenvalue weighted by Gasteiger charge is 2.21. The van der Waals surface area contributed by atoms with Crippen molar-refractivity contribution in [3.8, 4) is 0 Å². The molecule has 0 aliphatic carbocycles. The number of hydrogen-bond acceptors (Lipinski definition) is 4. The van der Waals surface area contributed by atoms with Crippen LogP contribution in [0.2, 0.25) is 0 Å². The Kier molecular flexibility index (Phi) is 4.48. The number of nitrogens with zero attached hydrogens (tertiary/aromatic N) is 2. The lowest BCUT2D eigenvalue weighted by Gasteiger charge is -2.34. The van der Waals surface area contributed by atoms with Gasteiger partial charge in [0.15, 0.2) is 0 Å². The number of piperidine rings is 1. The third-order valence-corrected chi connectivity index (χ3v) is 3.44. The zero-order chi connectivity index (χ0) is 12.1. The summed E-state index contributed by atoms with van der Waals surface area (Å²) in [5.41, 5.74) is 7.76. The summed E-state index contributed by atoms with van der Waals surface area (Å²) in [6, 6.07) is 4.41. The predicted octanol–water partition coefficient (Wildman–Crippen LogP) is 0.887. The summed E-state index contributed by atoms with van der Waals surface area (Å²) in [4.78, 5) is 6.56. The second kappa shape index (κ2) is 6.10. The molecule has 1 unspecified atom stereocenters. The number of hydrogen-bond donors (Lipinski definition) is 2. The highest BCUT2D eigenvalue weighted by atomic mass is 16.3. The van der Waals surface area contributed by atoms with Gasteiger partial charge in [-0.15, -0.1) is 0 Å². The van der Waals surface area contributed by atoms with Gasteiger partial charge in [0.25, 0.3) is 0 Å². The maximum absolute atomic E-state index is 9.37. The van der Waals surface area contributed by atoms with Gasteiger partial charge in [-0.2, -0.15) is 0 Å². The zero-order valence-electron chi connectivity index (χ0n) is 10.2. The standard InChI is InChI=1S/C13H21N3O/c14-8-12-7-11(4-5-15-12)9-16-6-2-1-3-13(16)10-17/h4-5,7,13,17H,1-3,6,8-10,14H2. The van der Waals surface area contributed by atoms with Crippen LogP contribution in [0, 0.1) is 0 Å². The average Bonchev–Trinajstić information content (AvgIpc) is 2.39. The van der Waals surface area contributed by atoms with Crippen LogP contribution in [0.3, 0.4) is 0 Å². The summed E-state index contributed by atoms with van der Waals surface area (Å²) in [6.45, 7) is 2.71. The van der Waals surface area contributed by atoms with E-state index in [1.54, 1.807) is 0 Å². The largest absolute Gasteiger partial charge is 0.395 e. The highest BCUT2D eigenvalue weighted by Crippen LogP contribution is 2.19. The fourth-order valence-electron chi connectivity index (χ4n) is 2.45. The van der Waals surface area contributed by atoms with Crippen molar-refractivity contribution in [2.24, 2.45) is 5.73 Å². The summed E-state index contributed by atoms with van der Waals surface area (Å²) in [6.07, 6.45) is 5.37. The molecule has 3 N–H and O–H groups in total. The molecule has 2 heterocycles.